The van der Waals surface area contributed by atoms with Crippen LogP contribution in [0.2, 0.25) is 0 Å². The minimum absolute atomic E-state index is 0.276. The zero-order chi connectivity index (χ0) is 12.2. The van der Waals surface area contributed by atoms with Crippen molar-refractivity contribution in [2.75, 3.05) is 5.75 Å². The fraction of sp³-hybridized carbons (Fsp3) is 0.714. The Bertz CT molecular complexity index is 282. The number of thioether (sulfide) groups is 1. The molecule has 1 aliphatic rings. The van der Waals surface area contributed by atoms with Crippen LogP contribution in [0.25, 0.3) is 0 Å². The summed E-state index contributed by atoms with van der Waals surface area (Å²) in [6.45, 7) is 10.4. The van der Waals surface area contributed by atoms with Crippen molar-refractivity contribution >= 4 is 11.8 Å². The molecular formula is C14H24OS. The summed E-state index contributed by atoms with van der Waals surface area (Å²) in [4.78, 5) is 0.959. The van der Waals surface area contributed by atoms with Crippen molar-refractivity contribution in [3.63, 3.8) is 0 Å². The van der Waals surface area contributed by atoms with Crippen molar-refractivity contribution in [3.8, 4) is 0 Å². The molecule has 0 unspecified atom stereocenters. The SMILES string of the molecule is C=C(SCC)[C@]1(O)CCCC[C@H]1/C(C)=C/C. The summed E-state index contributed by atoms with van der Waals surface area (Å²) in [6, 6.07) is 0. The lowest BCUT2D eigenvalue weighted by molar-refractivity contribution is 0.00778. The van der Waals surface area contributed by atoms with Crippen molar-refractivity contribution in [3.05, 3.63) is 23.1 Å². The van der Waals surface area contributed by atoms with Gasteiger partial charge in [0, 0.05) is 10.8 Å². The molecule has 1 saturated carbocycles. The number of hydrogen-bond donors (Lipinski definition) is 1. The highest BCUT2D eigenvalue weighted by Crippen LogP contribution is 2.45. The van der Waals surface area contributed by atoms with Gasteiger partial charge in [-0.15, -0.1) is 11.8 Å². The van der Waals surface area contributed by atoms with Gasteiger partial charge >= 0.3 is 0 Å². The zero-order valence-electron chi connectivity index (χ0n) is 10.8. The molecule has 0 heterocycles. The molecule has 1 rings (SSSR count). The predicted octanol–water partition coefficient (Wildman–Crippen LogP) is 4.14. The molecular weight excluding hydrogens is 216 g/mol. The highest BCUT2D eigenvalue weighted by Gasteiger charge is 2.41. The van der Waals surface area contributed by atoms with Crippen LogP contribution in [0.4, 0.5) is 0 Å². The van der Waals surface area contributed by atoms with Crippen LogP contribution < -0.4 is 0 Å². The molecule has 1 N–H and O–H groups in total. The highest BCUT2D eigenvalue weighted by molar-refractivity contribution is 8.03. The van der Waals surface area contributed by atoms with E-state index in [1.807, 2.05) is 0 Å². The molecule has 0 aromatic carbocycles. The first-order valence-corrected chi connectivity index (χ1v) is 7.22. The molecule has 0 aromatic heterocycles. The Kier molecular flexibility index (Phi) is 5.13. The van der Waals surface area contributed by atoms with Crippen LogP contribution in [0.5, 0.6) is 0 Å². The second-order valence-electron chi connectivity index (χ2n) is 4.61. The molecule has 0 bridgehead atoms. The second kappa shape index (κ2) is 5.92. The van der Waals surface area contributed by atoms with Gasteiger partial charge in [0.15, 0.2) is 0 Å². The number of rotatable bonds is 4. The molecule has 0 aromatic rings. The first-order chi connectivity index (χ1) is 7.56. The molecule has 16 heavy (non-hydrogen) atoms. The fourth-order valence-corrected chi connectivity index (χ4v) is 3.44. The van der Waals surface area contributed by atoms with E-state index in [4.69, 9.17) is 0 Å². The average molecular weight is 240 g/mol. The minimum atomic E-state index is -0.671. The van der Waals surface area contributed by atoms with E-state index in [0.717, 1.165) is 29.9 Å². The maximum Gasteiger partial charge on any atom is 0.101 e. The van der Waals surface area contributed by atoms with E-state index in [0.29, 0.717) is 0 Å². The van der Waals surface area contributed by atoms with Crippen LogP contribution >= 0.6 is 11.8 Å². The minimum Gasteiger partial charge on any atom is -0.384 e. The molecule has 0 spiro atoms. The summed E-state index contributed by atoms with van der Waals surface area (Å²) in [5, 5.41) is 10.9. The third-order valence-electron chi connectivity index (χ3n) is 3.68. The van der Waals surface area contributed by atoms with Crippen LogP contribution in [0.3, 0.4) is 0 Å². The second-order valence-corrected chi connectivity index (χ2v) is 5.97. The van der Waals surface area contributed by atoms with E-state index in [-0.39, 0.29) is 5.92 Å². The van der Waals surface area contributed by atoms with Gasteiger partial charge in [-0.25, -0.2) is 0 Å². The third kappa shape index (κ3) is 2.72. The van der Waals surface area contributed by atoms with Gasteiger partial charge in [-0.05, 0) is 32.4 Å². The first kappa shape index (κ1) is 13.9. The Morgan fingerprint density at radius 2 is 2.25 bits per heavy atom. The van der Waals surface area contributed by atoms with E-state index >= 15 is 0 Å². The molecule has 2 atom stereocenters. The average Bonchev–Trinajstić information content (AvgIpc) is 2.29. The van der Waals surface area contributed by atoms with Crippen molar-refractivity contribution < 1.29 is 5.11 Å². The zero-order valence-corrected chi connectivity index (χ0v) is 11.6. The molecule has 1 nitrogen and oxygen atoms in total. The smallest absolute Gasteiger partial charge is 0.101 e. The maximum absolute atomic E-state index is 10.9. The molecule has 0 saturated heterocycles. The quantitative estimate of drug-likeness (QED) is 0.745. The molecule has 1 aliphatic carbocycles. The molecule has 0 amide bonds. The van der Waals surface area contributed by atoms with Crippen LogP contribution in [0.15, 0.2) is 23.1 Å². The molecule has 0 radical (unpaired) electrons. The molecule has 0 aliphatic heterocycles. The topological polar surface area (TPSA) is 20.2 Å². The summed E-state index contributed by atoms with van der Waals surface area (Å²) >= 11 is 1.70. The summed E-state index contributed by atoms with van der Waals surface area (Å²) in [5.74, 6) is 1.26. The van der Waals surface area contributed by atoms with Gasteiger partial charge in [0.1, 0.15) is 5.60 Å². The summed E-state index contributed by atoms with van der Waals surface area (Å²) in [6.07, 6.45) is 6.44. The Morgan fingerprint density at radius 3 is 2.81 bits per heavy atom. The largest absolute Gasteiger partial charge is 0.384 e. The third-order valence-corrected chi connectivity index (χ3v) is 4.67. The number of aliphatic hydroxyl groups is 1. The summed E-state index contributed by atoms with van der Waals surface area (Å²) < 4.78 is 0. The van der Waals surface area contributed by atoms with Gasteiger partial charge in [0.05, 0.1) is 0 Å². The van der Waals surface area contributed by atoms with Crippen molar-refractivity contribution in [1.82, 2.24) is 0 Å². The standard InChI is InChI=1S/C14H24OS/c1-5-11(3)13-9-7-8-10-14(13,15)12(4)16-6-2/h5,13,15H,4,6-10H2,1-3H3/b11-5+/t13-,14+/m0/s1. The maximum atomic E-state index is 10.9. The van der Waals surface area contributed by atoms with E-state index in [1.165, 1.54) is 12.0 Å². The molecule has 2 heteroatoms. The Hall–Kier alpha value is -0.210. The van der Waals surface area contributed by atoms with Crippen LogP contribution in [-0.2, 0) is 0 Å². The Morgan fingerprint density at radius 1 is 1.56 bits per heavy atom. The summed E-state index contributed by atoms with van der Waals surface area (Å²) in [7, 11) is 0. The van der Waals surface area contributed by atoms with Crippen molar-refractivity contribution in [2.45, 2.75) is 52.1 Å². The molecule has 92 valence electrons. The van der Waals surface area contributed by atoms with Crippen molar-refractivity contribution in [1.29, 1.82) is 0 Å². The number of allylic oxidation sites excluding steroid dienone is 1. The van der Waals surface area contributed by atoms with Gasteiger partial charge < -0.3 is 5.11 Å². The lowest BCUT2D eigenvalue weighted by atomic mass is 9.72. The van der Waals surface area contributed by atoms with Gasteiger partial charge in [-0.1, -0.05) is 38.0 Å². The van der Waals surface area contributed by atoms with Gasteiger partial charge in [-0.2, -0.15) is 0 Å². The van der Waals surface area contributed by atoms with Gasteiger partial charge in [0.25, 0.3) is 0 Å². The van der Waals surface area contributed by atoms with E-state index < -0.39 is 5.60 Å². The monoisotopic (exact) mass is 240 g/mol. The normalized spacial score (nSPS) is 31.5. The van der Waals surface area contributed by atoms with Gasteiger partial charge in [0.2, 0.25) is 0 Å². The highest BCUT2D eigenvalue weighted by atomic mass is 32.2. The Labute approximate surface area is 104 Å². The fourth-order valence-electron chi connectivity index (χ4n) is 2.59. The first-order valence-electron chi connectivity index (χ1n) is 6.23. The van der Waals surface area contributed by atoms with Crippen LogP contribution in [0.1, 0.15) is 46.5 Å². The molecule has 1 fully saturated rings. The van der Waals surface area contributed by atoms with Crippen molar-refractivity contribution in [2.24, 2.45) is 5.92 Å². The van der Waals surface area contributed by atoms with E-state index in [9.17, 15) is 5.11 Å². The lowest BCUT2D eigenvalue weighted by Gasteiger charge is -2.41. The Balaban J connectivity index is 2.91. The predicted molar refractivity (Wildman–Crippen MR) is 73.6 cm³/mol. The van der Waals surface area contributed by atoms with Crippen LogP contribution in [0, 0.1) is 5.92 Å². The lowest BCUT2D eigenvalue weighted by Crippen LogP contribution is -2.42. The van der Waals surface area contributed by atoms with Gasteiger partial charge in [-0.3, -0.25) is 0 Å². The van der Waals surface area contributed by atoms with E-state index in [2.05, 4.69) is 33.4 Å². The summed E-state index contributed by atoms with van der Waals surface area (Å²) in [5.41, 5.74) is 0.634. The van der Waals surface area contributed by atoms with E-state index in [1.54, 1.807) is 11.8 Å². The number of hydrogen-bond acceptors (Lipinski definition) is 2. The van der Waals surface area contributed by atoms with Crippen LogP contribution in [-0.4, -0.2) is 16.5 Å².